The van der Waals surface area contributed by atoms with Crippen LogP contribution in [0.3, 0.4) is 0 Å². The van der Waals surface area contributed by atoms with Crippen LogP contribution in [-0.2, 0) is 5.60 Å². The summed E-state index contributed by atoms with van der Waals surface area (Å²) in [6.45, 7) is 4.33. The first-order chi connectivity index (χ1) is 7.41. The molecule has 0 bridgehead atoms. The molecule has 88 valence electrons. The summed E-state index contributed by atoms with van der Waals surface area (Å²) in [7, 11) is 0. The van der Waals surface area contributed by atoms with Gasteiger partial charge in [0.25, 0.3) is 0 Å². The minimum Gasteiger partial charge on any atom is -0.385 e. The highest BCUT2D eigenvalue weighted by atomic mass is 19.1. The second kappa shape index (κ2) is 3.85. The lowest BCUT2D eigenvalue weighted by Gasteiger charge is -2.41. The molecule has 0 spiro atoms. The van der Waals surface area contributed by atoms with Crippen molar-refractivity contribution in [1.82, 2.24) is 0 Å². The van der Waals surface area contributed by atoms with Crippen LogP contribution >= 0.6 is 0 Å². The molecule has 2 heteroatoms. The minimum atomic E-state index is -0.843. The molecule has 1 aliphatic carbocycles. The number of aliphatic hydroxyl groups is 1. The summed E-state index contributed by atoms with van der Waals surface area (Å²) in [4.78, 5) is 0. The summed E-state index contributed by atoms with van der Waals surface area (Å²) < 4.78 is 13.2. The lowest BCUT2D eigenvalue weighted by molar-refractivity contribution is -0.0442. The van der Waals surface area contributed by atoms with Gasteiger partial charge in [0.05, 0.1) is 5.60 Å². The normalized spacial score (nSPS) is 29.0. The van der Waals surface area contributed by atoms with Crippen LogP contribution in [0.25, 0.3) is 0 Å². The molecule has 2 rings (SSSR count). The first-order valence-corrected chi connectivity index (χ1v) is 5.90. The van der Waals surface area contributed by atoms with Gasteiger partial charge >= 0.3 is 0 Å². The van der Waals surface area contributed by atoms with Crippen molar-refractivity contribution in [3.05, 3.63) is 35.6 Å². The number of hydrogen-bond donors (Lipinski definition) is 1. The molecule has 0 radical (unpaired) electrons. The van der Waals surface area contributed by atoms with Crippen molar-refractivity contribution in [3.63, 3.8) is 0 Å². The van der Waals surface area contributed by atoms with Gasteiger partial charge in [-0.05, 0) is 48.8 Å². The van der Waals surface area contributed by atoms with Crippen LogP contribution in [0.4, 0.5) is 4.39 Å². The Bertz CT molecular complexity index is 386. The second-order valence-corrected chi connectivity index (χ2v) is 5.74. The maximum absolute atomic E-state index is 13.2. The minimum absolute atomic E-state index is 0.138. The standard InChI is InChI=1S/C14H19FO/c1-13(2)7-4-8-14(16,10-13)11-5-3-6-12(15)9-11/h3,5-6,9,16H,4,7-8,10H2,1-2H3. The molecule has 1 fully saturated rings. The predicted octanol–water partition coefficient (Wildman–Crippen LogP) is 3.61. The highest BCUT2D eigenvalue weighted by Crippen LogP contribution is 2.46. The van der Waals surface area contributed by atoms with Gasteiger partial charge in [-0.25, -0.2) is 4.39 Å². The average Bonchev–Trinajstić information content (AvgIpc) is 2.15. The quantitative estimate of drug-likeness (QED) is 0.769. The monoisotopic (exact) mass is 222 g/mol. The van der Waals surface area contributed by atoms with E-state index in [0.29, 0.717) is 6.42 Å². The van der Waals surface area contributed by atoms with Crippen LogP contribution in [0, 0.1) is 11.2 Å². The van der Waals surface area contributed by atoms with E-state index in [1.807, 2.05) is 6.07 Å². The maximum Gasteiger partial charge on any atom is 0.123 e. The Morgan fingerprint density at radius 1 is 1.25 bits per heavy atom. The molecule has 0 aliphatic heterocycles. The van der Waals surface area contributed by atoms with Gasteiger partial charge < -0.3 is 5.11 Å². The molecule has 1 unspecified atom stereocenters. The smallest absolute Gasteiger partial charge is 0.123 e. The molecular weight excluding hydrogens is 203 g/mol. The second-order valence-electron chi connectivity index (χ2n) is 5.74. The van der Waals surface area contributed by atoms with Crippen molar-refractivity contribution in [3.8, 4) is 0 Å². The van der Waals surface area contributed by atoms with Crippen molar-refractivity contribution in [2.24, 2.45) is 5.41 Å². The zero-order chi connectivity index (χ0) is 11.8. The lowest BCUT2D eigenvalue weighted by atomic mass is 9.67. The van der Waals surface area contributed by atoms with Crippen LogP contribution in [0.15, 0.2) is 24.3 Å². The number of halogens is 1. The van der Waals surface area contributed by atoms with E-state index in [4.69, 9.17) is 0 Å². The van der Waals surface area contributed by atoms with E-state index in [9.17, 15) is 9.50 Å². The fourth-order valence-corrected chi connectivity index (χ4v) is 2.85. The van der Waals surface area contributed by atoms with Gasteiger partial charge in [0, 0.05) is 0 Å². The van der Waals surface area contributed by atoms with Gasteiger partial charge in [0.2, 0.25) is 0 Å². The van der Waals surface area contributed by atoms with Crippen LogP contribution in [-0.4, -0.2) is 5.11 Å². The predicted molar refractivity (Wildman–Crippen MR) is 62.5 cm³/mol. The topological polar surface area (TPSA) is 20.2 Å². The Morgan fingerprint density at radius 3 is 2.62 bits per heavy atom. The Kier molecular flexibility index (Phi) is 2.79. The Labute approximate surface area is 96.3 Å². The lowest BCUT2D eigenvalue weighted by Crippen LogP contribution is -2.36. The summed E-state index contributed by atoms with van der Waals surface area (Å²) in [5.41, 5.74) is 0.0173. The van der Waals surface area contributed by atoms with Gasteiger partial charge in [0.1, 0.15) is 5.82 Å². The Morgan fingerprint density at radius 2 is 2.00 bits per heavy atom. The number of benzene rings is 1. The molecule has 0 heterocycles. The zero-order valence-corrected chi connectivity index (χ0v) is 9.96. The SMILES string of the molecule is CC1(C)CCCC(O)(c2cccc(F)c2)C1. The first-order valence-electron chi connectivity index (χ1n) is 5.90. The van der Waals surface area contributed by atoms with Gasteiger partial charge in [0.15, 0.2) is 0 Å². The van der Waals surface area contributed by atoms with Gasteiger partial charge in [-0.1, -0.05) is 26.0 Å². The summed E-state index contributed by atoms with van der Waals surface area (Å²) in [5.74, 6) is -0.269. The van der Waals surface area contributed by atoms with Gasteiger partial charge in [-0.15, -0.1) is 0 Å². The fraction of sp³-hybridized carbons (Fsp3) is 0.571. The Hall–Kier alpha value is -0.890. The van der Waals surface area contributed by atoms with E-state index in [0.717, 1.165) is 24.8 Å². The molecular formula is C14H19FO. The van der Waals surface area contributed by atoms with Crippen molar-refractivity contribution in [1.29, 1.82) is 0 Å². The highest BCUT2D eigenvalue weighted by Gasteiger charge is 2.39. The van der Waals surface area contributed by atoms with Crippen molar-refractivity contribution in [2.45, 2.75) is 45.1 Å². The number of rotatable bonds is 1. The van der Waals surface area contributed by atoms with E-state index in [2.05, 4.69) is 13.8 Å². The molecule has 1 aromatic carbocycles. The molecule has 1 N–H and O–H groups in total. The van der Waals surface area contributed by atoms with Gasteiger partial charge in [-0.2, -0.15) is 0 Å². The molecule has 0 saturated heterocycles. The molecule has 1 saturated carbocycles. The molecule has 0 aromatic heterocycles. The van der Waals surface area contributed by atoms with Crippen LogP contribution in [0.1, 0.15) is 45.1 Å². The molecule has 1 atom stereocenters. The molecule has 1 nitrogen and oxygen atoms in total. The summed E-state index contributed by atoms with van der Waals surface area (Å²) >= 11 is 0. The molecule has 16 heavy (non-hydrogen) atoms. The molecule has 1 aliphatic rings. The first kappa shape index (κ1) is 11.6. The maximum atomic E-state index is 13.2. The summed E-state index contributed by atoms with van der Waals surface area (Å²) in [5, 5.41) is 10.6. The third-order valence-electron chi connectivity index (χ3n) is 3.58. The third kappa shape index (κ3) is 2.27. The molecule has 0 amide bonds. The van der Waals surface area contributed by atoms with E-state index in [-0.39, 0.29) is 11.2 Å². The van der Waals surface area contributed by atoms with E-state index in [1.165, 1.54) is 12.1 Å². The highest BCUT2D eigenvalue weighted by molar-refractivity contribution is 5.24. The summed E-state index contributed by atoms with van der Waals surface area (Å²) in [6.07, 6.45) is 3.58. The average molecular weight is 222 g/mol. The fourth-order valence-electron chi connectivity index (χ4n) is 2.85. The van der Waals surface area contributed by atoms with Gasteiger partial charge in [-0.3, -0.25) is 0 Å². The van der Waals surface area contributed by atoms with E-state index < -0.39 is 5.60 Å². The Balaban J connectivity index is 2.31. The van der Waals surface area contributed by atoms with E-state index >= 15 is 0 Å². The largest absolute Gasteiger partial charge is 0.385 e. The number of hydrogen-bond acceptors (Lipinski definition) is 1. The van der Waals surface area contributed by atoms with E-state index in [1.54, 1.807) is 6.07 Å². The zero-order valence-electron chi connectivity index (χ0n) is 9.96. The summed E-state index contributed by atoms with van der Waals surface area (Å²) in [6, 6.07) is 6.37. The van der Waals surface area contributed by atoms with Crippen molar-refractivity contribution in [2.75, 3.05) is 0 Å². The van der Waals surface area contributed by atoms with Crippen LogP contribution in [0.2, 0.25) is 0 Å². The van der Waals surface area contributed by atoms with Crippen LogP contribution < -0.4 is 0 Å². The third-order valence-corrected chi connectivity index (χ3v) is 3.58. The molecule has 1 aromatic rings. The van der Waals surface area contributed by atoms with Crippen LogP contribution in [0.5, 0.6) is 0 Å². The van der Waals surface area contributed by atoms with Crippen molar-refractivity contribution >= 4 is 0 Å². The van der Waals surface area contributed by atoms with Crippen molar-refractivity contribution < 1.29 is 9.50 Å².